The van der Waals surface area contributed by atoms with Gasteiger partial charge in [0, 0.05) is 18.4 Å². The number of carbonyl (C=O) groups excluding carboxylic acids is 1. The van der Waals surface area contributed by atoms with E-state index in [1.54, 1.807) is 16.9 Å². The second-order valence-corrected chi connectivity index (χ2v) is 5.81. The highest BCUT2D eigenvalue weighted by molar-refractivity contribution is 5.91. The fraction of sp³-hybridized carbons (Fsp3) is 0.500. The Labute approximate surface area is 124 Å². The van der Waals surface area contributed by atoms with Crippen molar-refractivity contribution in [3.63, 3.8) is 0 Å². The molecule has 1 aliphatic carbocycles. The summed E-state index contributed by atoms with van der Waals surface area (Å²) >= 11 is 0. The predicted octanol–water partition coefficient (Wildman–Crippen LogP) is 2.83. The average molecular weight is 287 g/mol. The van der Waals surface area contributed by atoms with E-state index in [1.165, 1.54) is 19.3 Å². The second-order valence-electron chi connectivity index (χ2n) is 5.81. The molecule has 3 rings (SSSR count). The van der Waals surface area contributed by atoms with Crippen molar-refractivity contribution in [1.29, 1.82) is 0 Å². The average Bonchev–Trinajstić information content (AvgIpc) is 3.13. The van der Waals surface area contributed by atoms with Gasteiger partial charge in [-0.1, -0.05) is 19.8 Å². The minimum Gasteiger partial charge on any atom is -0.454 e. The Balaban J connectivity index is 1.61. The van der Waals surface area contributed by atoms with Crippen molar-refractivity contribution in [3.05, 3.63) is 42.1 Å². The minimum atomic E-state index is -0.111. The van der Waals surface area contributed by atoms with Gasteiger partial charge in [-0.3, -0.25) is 9.48 Å². The summed E-state index contributed by atoms with van der Waals surface area (Å²) in [6, 6.07) is 5.70. The Morgan fingerprint density at radius 1 is 1.43 bits per heavy atom. The number of amides is 1. The molecule has 0 saturated heterocycles. The van der Waals surface area contributed by atoms with E-state index in [4.69, 9.17) is 4.42 Å². The molecule has 0 aromatic carbocycles. The van der Waals surface area contributed by atoms with Crippen LogP contribution in [-0.2, 0) is 6.54 Å². The van der Waals surface area contributed by atoms with Crippen LogP contribution in [0, 0.1) is 5.92 Å². The highest BCUT2D eigenvalue weighted by Gasteiger charge is 2.24. The summed E-state index contributed by atoms with van der Waals surface area (Å²) in [6.07, 6.45) is 8.30. The smallest absolute Gasteiger partial charge is 0.287 e. The van der Waals surface area contributed by atoms with Gasteiger partial charge in [0.1, 0.15) is 5.76 Å². The van der Waals surface area contributed by atoms with Crippen molar-refractivity contribution in [3.8, 4) is 0 Å². The zero-order valence-electron chi connectivity index (χ0n) is 12.3. The Morgan fingerprint density at radius 3 is 3.05 bits per heavy atom. The van der Waals surface area contributed by atoms with E-state index in [9.17, 15) is 4.79 Å². The number of rotatable bonds is 4. The highest BCUT2D eigenvalue weighted by atomic mass is 16.4. The third-order valence-corrected chi connectivity index (χ3v) is 4.19. The first kappa shape index (κ1) is 13.9. The number of furan rings is 1. The molecule has 112 valence electrons. The van der Waals surface area contributed by atoms with Crippen LogP contribution in [0.2, 0.25) is 0 Å². The predicted molar refractivity (Wildman–Crippen MR) is 78.9 cm³/mol. The quantitative estimate of drug-likeness (QED) is 0.940. The molecule has 1 N–H and O–H groups in total. The summed E-state index contributed by atoms with van der Waals surface area (Å²) < 4.78 is 7.39. The van der Waals surface area contributed by atoms with E-state index in [1.807, 2.05) is 18.3 Å². The standard InChI is InChI=1S/C16H21N3O2/c1-12-5-2-3-6-14(12)18-16(20)15-8-7-13(21-15)11-19-10-4-9-17-19/h4,7-10,12,14H,2-3,5-6,11H2,1H3,(H,18,20). The maximum Gasteiger partial charge on any atom is 0.287 e. The van der Waals surface area contributed by atoms with Gasteiger partial charge in [-0.2, -0.15) is 5.10 Å². The van der Waals surface area contributed by atoms with E-state index >= 15 is 0 Å². The summed E-state index contributed by atoms with van der Waals surface area (Å²) in [6.45, 7) is 2.75. The van der Waals surface area contributed by atoms with Crippen LogP contribution in [0.3, 0.4) is 0 Å². The van der Waals surface area contributed by atoms with E-state index < -0.39 is 0 Å². The summed E-state index contributed by atoms with van der Waals surface area (Å²) in [4.78, 5) is 12.2. The first-order valence-corrected chi connectivity index (χ1v) is 7.59. The lowest BCUT2D eigenvalue weighted by atomic mass is 9.86. The van der Waals surface area contributed by atoms with Crippen molar-refractivity contribution < 1.29 is 9.21 Å². The van der Waals surface area contributed by atoms with E-state index in [0.29, 0.717) is 18.2 Å². The molecule has 0 radical (unpaired) electrons. The molecule has 5 heteroatoms. The number of aromatic nitrogens is 2. The third-order valence-electron chi connectivity index (χ3n) is 4.19. The number of carbonyl (C=O) groups is 1. The first-order valence-electron chi connectivity index (χ1n) is 7.59. The molecule has 0 spiro atoms. The van der Waals surface area contributed by atoms with E-state index in [2.05, 4.69) is 17.3 Å². The number of hydrogen-bond acceptors (Lipinski definition) is 3. The fourth-order valence-electron chi connectivity index (χ4n) is 2.91. The van der Waals surface area contributed by atoms with Crippen LogP contribution in [0.4, 0.5) is 0 Å². The normalized spacial score (nSPS) is 22.1. The van der Waals surface area contributed by atoms with E-state index in [0.717, 1.165) is 12.2 Å². The highest BCUT2D eigenvalue weighted by Crippen LogP contribution is 2.24. The molecule has 2 aromatic heterocycles. The Bertz CT molecular complexity index is 588. The van der Waals surface area contributed by atoms with E-state index in [-0.39, 0.29) is 11.9 Å². The third kappa shape index (κ3) is 3.35. The van der Waals surface area contributed by atoms with Crippen LogP contribution in [0.25, 0.3) is 0 Å². The summed E-state index contributed by atoms with van der Waals surface area (Å²) in [7, 11) is 0. The van der Waals surface area contributed by atoms with Crippen molar-refractivity contribution in [2.75, 3.05) is 0 Å². The molecule has 5 nitrogen and oxygen atoms in total. The molecule has 2 atom stereocenters. The largest absolute Gasteiger partial charge is 0.454 e. The topological polar surface area (TPSA) is 60.1 Å². The van der Waals surface area contributed by atoms with Gasteiger partial charge in [-0.15, -0.1) is 0 Å². The molecule has 0 bridgehead atoms. The molecular formula is C16H21N3O2. The van der Waals surface area contributed by atoms with Gasteiger partial charge in [0.05, 0.1) is 6.54 Å². The molecule has 2 heterocycles. The molecule has 1 amide bonds. The van der Waals surface area contributed by atoms with Crippen LogP contribution in [-0.4, -0.2) is 21.7 Å². The van der Waals surface area contributed by atoms with Crippen LogP contribution in [0.15, 0.2) is 35.0 Å². The van der Waals surface area contributed by atoms with Crippen molar-refractivity contribution >= 4 is 5.91 Å². The van der Waals surface area contributed by atoms with Crippen molar-refractivity contribution in [1.82, 2.24) is 15.1 Å². The number of nitrogens with one attached hydrogen (secondary N) is 1. The molecular weight excluding hydrogens is 266 g/mol. The van der Waals surface area contributed by atoms with Crippen LogP contribution >= 0.6 is 0 Å². The monoisotopic (exact) mass is 287 g/mol. The van der Waals surface area contributed by atoms with Gasteiger partial charge in [0.25, 0.3) is 5.91 Å². The van der Waals surface area contributed by atoms with Crippen molar-refractivity contribution in [2.45, 2.75) is 45.2 Å². The lowest BCUT2D eigenvalue weighted by Gasteiger charge is -2.29. The van der Waals surface area contributed by atoms with Crippen LogP contribution in [0.5, 0.6) is 0 Å². The lowest BCUT2D eigenvalue weighted by Crippen LogP contribution is -2.40. The molecule has 2 aromatic rings. The zero-order chi connectivity index (χ0) is 14.7. The number of hydrogen-bond donors (Lipinski definition) is 1. The molecule has 21 heavy (non-hydrogen) atoms. The summed E-state index contributed by atoms with van der Waals surface area (Å²) in [5.41, 5.74) is 0. The fourth-order valence-corrected chi connectivity index (χ4v) is 2.91. The Morgan fingerprint density at radius 2 is 2.29 bits per heavy atom. The van der Waals surface area contributed by atoms with Gasteiger partial charge < -0.3 is 9.73 Å². The molecule has 1 aliphatic rings. The van der Waals surface area contributed by atoms with Gasteiger partial charge in [0.2, 0.25) is 0 Å². The SMILES string of the molecule is CC1CCCCC1NC(=O)c1ccc(Cn2cccn2)o1. The Hall–Kier alpha value is -2.04. The zero-order valence-corrected chi connectivity index (χ0v) is 12.3. The molecule has 2 unspecified atom stereocenters. The van der Waals surface area contributed by atoms with Crippen LogP contribution in [0.1, 0.15) is 48.9 Å². The maximum absolute atomic E-state index is 12.2. The van der Waals surface area contributed by atoms with Gasteiger partial charge in [0.15, 0.2) is 5.76 Å². The number of nitrogens with zero attached hydrogens (tertiary/aromatic N) is 2. The van der Waals surface area contributed by atoms with Gasteiger partial charge in [-0.05, 0) is 37.0 Å². The Kier molecular flexibility index (Phi) is 4.08. The first-order chi connectivity index (χ1) is 10.2. The van der Waals surface area contributed by atoms with Crippen LogP contribution < -0.4 is 5.32 Å². The minimum absolute atomic E-state index is 0.111. The van der Waals surface area contributed by atoms with Gasteiger partial charge >= 0.3 is 0 Å². The van der Waals surface area contributed by atoms with Crippen molar-refractivity contribution in [2.24, 2.45) is 5.92 Å². The molecule has 1 fully saturated rings. The van der Waals surface area contributed by atoms with Gasteiger partial charge in [-0.25, -0.2) is 0 Å². The lowest BCUT2D eigenvalue weighted by molar-refractivity contribution is 0.0880. The maximum atomic E-state index is 12.2. The summed E-state index contributed by atoms with van der Waals surface area (Å²) in [5.74, 6) is 1.55. The second kappa shape index (κ2) is 6.16. The molecule has 1 saturated carbocycles. The molecule has 0 aliphatic heterocycles. The summed E-state index contributed by atoms with van der Waals surface area (Å²) in [5, 5.41) is 7.23.